The molecule has 1 aliphatic heterocycles. The van der Waals surface area contributed by atoms with Gasteiger partial charge in [0.05, 0.1) is 19.8 Å². The molecule has 0 spiro atoms. The van der Waals surface area contributed by atoms with E-state index in [9.17, 15) is 4.79 Å². The highest BCUT2D eigenvalue weighted by atomic mass is 16.5. The molecule has 0 aromatic carbocycles. The molecular formula is C13H17N3O3. The van der Waals surface area contributed by atoms with Crippen LogP contribution in [0.5, 0.6) is 0 Å². The van der Waals surface area contributed by atoms with Crippen molar-refractivity contribution in [1.82, 2.24) is 9.97 Å². The number of aromatic nitrogens is 2. The number of nitrogens with zero attached hydrogens (tertiary/aromatic N) is 3. The monoisotopic (exact) mass is 263 g/mol. The van der Waals surface area contributed by atoms with Crippen LogP contribution >= 0.6 is 0 Å². The average molecular weight is 263 g/mol. The van der Waals surface area contributed by atoms with E-state index in [2.05, 4.69) is 14.9 Å². The molecular weight excluding hydrogens is 246 g/mol. The lowest BCUT2D eigenvalue weighted by molar-refractivity contribution is -0.137. The van der Waals surface area contributed by atoms with E-state index < -0.39 is 0 Å². The van der Waals surface area contributed by atoms with E-state index in [1.165, 1.54) is 6.08 Å². The Morgan fingerprint density at radius 2 is 2.11 bits per heavy atom. The first-order valence-corrected chi connectivity index (χ1v) is 6.29. The van der Waals surface area contributed by atoms with E-state index >= 15 is 0 Å². The molecule has 1 fully saturated rings. The minimum absolute atomic E-state index is 0.361. The van der Waals surface area contributed by atoms with Gasteiger partial charge in [0.15, 0.2) is 0 Å². The number of morpholine rings is 1. The second-order valence-corrected chi connectivity index (χ2v) is 4.00. The molecule has 102 valence electrons. The van der Waals surface area contributed by atoms with Crippen LogP contribution in [-0.4, -0.2) is 48.8 Å². The van der Waals surface area contributed by atoms with Crippen molar-refractivity contribution in [3.8, 4) is 0 Å². The third-order valence-electron chi connectivity index (χ3n) is 2.65. The molecule has 0 saturated carbocycles. The van der Waals surface area contributed by atoms with Crippen LogP contribution in [0.2, 0.25) is 0 Å². The Morgan fingerprint density at radius 3 is 2.74 bits per heavy atom. The van der Waals surface area contributed by atoms with Crippen LogP contribution in [-0.2, 0) is 14.3 Å². The number of ether oxygens (including phenoxy) is 2. The highest BCUT2D eigenvalue weighted by molar-refractivity contribution is 5.86. The molecule has 19 heavy (non-hydrogen) atoms. The van der Waals surface area contributed by atoms with Gasteiger partial charge in [-0.25, -0.2) is 14.8 Å². The zero-order valence-electron chi connectivity index (χ0n) is 10.9. The van der Waals surface area contributed by atoms with Crippen molar-refractivity contribution in [1.29, 1.82) is 0 Å². The first-order chi connectivity index (χ1) is 9.29. The third-order valence-corrected chi connectivity index (χ3v) is 2.65. The van der Waals surface area contributed by atoms with Gasteiger partial charge in [-0.1, -0.05) is 0 Å². The van der Waals surface area contributed by atoms with Crippen LogP contribution in [0, 0.1) is 0 Å². The smallest absolute Gasteiger partial charge is 0.330 e. The van der Waals surface area contributed by atoms with E-state index in [-0.39, 0.29) is 5.97 Å². The highest BCUT2D eigenvalue weighted by Crippen LogP contribution is 2.10. The fraction of sp³-hybridized carbons (Fsp3) is 0.462. The lowest BCUT2D eigenvalue weighted by atomic mass is 10.3. The van der Waals surface area contributed by atoms with Crippen molar-refractivity contribution in [2.45, 2.75) is 6.92 Å². The van der Waals surface area contributed by atoms with Gasteiger partial charge < -0.3 is 14.4 Å². The summed E-state index contributed by atoms with van der Waals surface area (Å²) in [5.41, 5.74) is 0.769. The molecule has 1 aliphatic rings. The van der Waals surface area contributed by atoms with Crippen molar-refractivity contribution in [2.75, 3.05) is 37.8 Å². The molecule has 0 amide bonds. The zero-order chi connectivity index (χ0) is 13.5. The largest absolute Gasteiger partial charge is 0.463 e. The number of carbonyl (C=O) groups is 1. The zero-order valence-corrected chi connectivity index (χ0v) is 10.9. The van der Waals surface area contributed by atoms with E-state index in [1.807, 2.05) is 0 Å². The number of hydrogen-bond donors (Lipinski definition) is 0. The molecule has 2 rings (SSSR count). The molecule has 2 heterocycles. The minimum atomic E-state index is -0.361. The third kappa shape index (κ3) is 4.03. The maximum atomic E-state index is 11.2. The van der Waals surface area contributed by atoms with E-state index in [4.69, 9.17) is 9.47 Å². The molecule has 1 aromatic heterocycles. The summed E-state index contributed by atoms with van der Waals surface area (Å²) in [6.45, 7) is 5.15. The summed E-state index contributed by atoms with van der Waals surface area (Å²) in [7, 11) is 0. The summed E-state index contributed by atoms with van der Waals surface area (Å²) in [4.78, 5) is 21.8. The van der Waals surface area contributed by atoms with Crippen molar-refractivity contribution in [2.24, 2.45) is 0 Å². The SMILES string of the molecule is CCOC(=O)/C=C/c1cnc(N2CCOCC2)nc1. The Morgan fingerprint density at radius 1 is 1.42 bits per heavy atom. The van der Waals surface area contributed by atoms with Crippen LogP contribution in [0.15, 0.2) is 18.5 Å². The molecule has 0 bridgehead atoms. The van der Waals surface area contributed by atoms with Gasteiger partial charge in [-0.15, -0.1) is 0 Å². The second kappa shape index (κ2) is 6.84. The maximum Gasteiger partial charge on any atom is 0.330 e. The van der Waals surface area contributed by atoms with Crippen molar-refractivity contribution < 1.29 is 14.3 Å². The molecule has 6 nitrogen and oxygen atoms in total. The quantitative estimate of drug-likeness (QED) is 0.594. The predicted octanol–water partition coefficient (Wildman–Crippen LogP) is 0.889. The number of hydrogen-bond acceptors (Lipinski definition) is 6. The summed E-state index contributed by atoms with van der Waals surface area (Å²) < 4.78 is 10.1. The standard InChI is InChI=1S/C13H17N3O3/c1-2-19-12(17)4-3-11-9-14-13(15-10-11)16-5-7-18-8-6-16/h3-4,9-10H,2,5-8H2,1H3/b4-3+. The molecule has 0 N–H and O–H groups in total. The Bertz CT molecular complexity index is 439. The number of rotatable bonds is 4. The molecule has 0 atom stereocenters. The van der Waals surface area contributed by atoms with Crippen LogP contribution in [0.25, 0.3) is 6.08 Å². The highest BCUT2D eigenvalue weighted by Gasteiger charge is 2.12. The first kappa shape index (κ1) is 13.5. The first-order valence-electron chi connectivity index (χ1n) is 6.29. The Hall–Kier alpha value is -1.95. The van der Waals surface area contributed by atoms with E-state index in [0.29, 0.717) is 25.8 Å². The van der Waals surface area contributed by atoms with Crippen LogP contribution in [0.3, 0.4) is 0 Å². The van der Waals surface area contributed by atoms with Crippen molar-refractivity contribution in [3.05, 3.63) is 24.0 Å². The van der Waals surface area contributed by atoms with Gasteiger partial charge in [-0.3, -0.25) is 0 Å². The fourth-order valence-electron chi connectivity index (χ4n) is 1.70. The Labute approximate surface area is 112 Å². The van der Waals surface area contributed by atoms with Gasteiger partial charge >= 0.3 is 5.97 Å². The number of carbonyl (C=O) groups excluding carboxylic acids is 1. The number of anilines is 1. The lowest BCUT2D eigenvalue weighted by Crippen LogP contribution is -2.37. The summed E-state index contributed by atoms with van der Waals surface area (Å²) in [6.07, 6.45) is 6.39. The van der Waals surface area contributed by atoms with Crippen LogP contribution in [0.1, 0.15) is 12.5 Å². The molecule has 1 aromatic rings. The lowest BCUT2D eigenvalue weighted by Gasteiger charge is -2.26. The molecule has 0 aliphatic carbocycles. The summed E-state index contributed by atoms with van der Waals surface area (Å²) in [6, 6.07) is 0. The van der Waals surface area contributed by atoms with Crippen LogP contribution in [0.4, 0.5) is 5.95 Å². The van der Waals surface area contributed by atoms with Crippen molar-refractivity contribution >= 4 is 18.0 Å². The minimum Gasteiger partial charge on any atom is -0.463 e. The van der Waals surface area contributed by atoms with E-state index in [0.717, 1.165) is 18.7 Å². The maximum absolute atomic E-state index is 11.2. The summed E-state index contributed by atoms with van der Waals surface area (Å²) in [5.74, 6) is 0.330. The molecule has 6 heteroatoms. The summed E-state index contributed by atoms with van der Waals surface area (Å²) in [5, 5.41) is 0. The average Bonchev–Trinajstić information content (AvgIpc) is 2.47. The van der Waals surface area contributed by atoms with Gasteiger partial charge in [0.2, 0.25) is 5.95 Å². The van der Waals surface area contributed by atoms with Gasteiger partial charge in [0.1, 0.15) is 0 Å². The normalized spacial score (nSPS) is 15.7. The molecule has 0 radical (unpaired) electrons. The fourth-order valence-corrected chi connectivity index (χ4v) is 1.70. The van der Waals surface area contributed by atoms with Gasteiger partial charge in [-0.2, -0.15) is 0 Å². The van der Waals surface area contributed by atoms with E-state index in [1.54, 1.807) is 25.4 Å². The molecule has 0 unspecified atom stereocenters. The van der Waals surface area contributed by atoms with Gasteiger partial charge in [0, 0.05) is 37.1 Å². The van der Waals surface area contributed by atoms with Gasteiger partial charge in [-0.05, 0) is 13.0 Å². The topological polar surface area (TPSA) is 64.5 Å². The molecule has 1 saturated heterocycles. The summed E-state index contributed by atoms with van der Waals surface area (Å²) >= 11 is 0. The van der Waals surface area contributed by atoms with Gasteiger partial charge in [0.25, 0.3) is 0 Å². The number of esters is 1. The Kier molecular flexibility index (Phi) is 4.85. The Balaban J connectivity index is 1.96. The van der Waals surface area contributed by atoms with Crippen LogP contribution < -0.4 is 4.90 Å². The second-order valence-electron chi connectivity index (χ2n) is 4.00. The van der Waals surface area contributed by atoms with Crippen molar-refractivity contribution in [3.63, 3.8) is 0 Å². The predicted molar refractivity (Wildman–Crippen MR) is 70.7 cm³/mol.